The minimum Gasteiger partial charge on any atom is -0.481 e. The lowest BCUT2D eigenvalue weighted by atomic mass is 9.75. The van der Waals surface area contributed by atoms with Gasteiger partial charge in [-0.05, 0) is 61.6 Å². The van der Waals surface area contributed by atoms with Gasteiger partial charge in [0.1, 0.15) is 0 Å². The van der Waals surface area contributed by atoms with E-state index in [0.717, 1.165) is 37.7 Å². The molecule has 1 N–H and O–H groups in total. The first kappa shape index (κ1) is 21.9. The number of aromatic nitrogens is 2. The summed E-state index contributed by atoms with van der Waals surface area (Å²) in [5.41, 5.74) is 1.48. The average molecular weight is 419 g/mol. The number of halogens is 2. The maximum atomic E-state index is 12.6. The lowest BCUT2D eigenvalue weighted by molar-refractivity contribution is -0.0529. The third kappa shape index (κ3) is 5.64. The molecule has 3 rings (SSSR count). The van der Waals surface area contributed by atoms with Crippen LogP contribution in [-0.4, -0.2) is 35.6 Å². The van der Waals surface area contributed by atoms with Crippen LogP contribution < -0.4 is 14.8 Å². The third-order valence-electron chi connectivity index (χ3n) is 5.75. The molecule has 6 nitrogen and oxygen atoms in total. The van der Waals surface area contributed by atoms with Gasteiger partial charge in [0.25, 0.3) is 5.91 Å². The first-order chi connectivity index (χ1) is 14.5. The van der Waals surface area contributed by atoms with Crippen molar-refractivity contribution < 1.29 is 23.0 Å². The number of carbonyl (C=O) groups is 1. The highest BCUT2D eigenvalue weighted by Gasteiger charge is 2.29. The van der Waals surface area contributed by atoms with Crippen LogP contribution in [0.3, 0.4) is 0 Å². The quantitative estimate of drug-likeness (QED) is 0.679. The fourth-order valence-electron chi connectivity index (χ4n) is 4.13. The Hall–Kier alpha value is -2.77. The van der Waals surface area contributed by atoms with Gasteiger partial charge in [-0.15, -0.1) is 0 Å². The number of rotatable bonds is 8. The minimum atomic E-state index is -2.88. The van der Waals surface area contributed by atoms with Crippen molar-refractivity contribution in [1.82, 2.24) is 15.3 Å². The van der Waals surface area contributed by atoms with Crippen molar-refractivity contribution in [1.29, 1.82) is 0 Å². The molecule has 2 heterocycles. The van der Waals surface area contributed by atoms with Gasteiger partial charge in [0.05, 0.1) is 12.7 Å². The predicted molar refractivity (Wildman–Crippen MR) is 108 cm³/mol. The van der Waals surface area contributed by atoms with E-state index in [1.165, 1.54) is 19.5 Å². The predicted octanol–water partition coefficient (Wildman–Crippen LogP) is 4.57. The van der Waals surface area contributed by atoms with Gasteiger partial charge in [-0.3, -0.25) is 4.79 Å². The van der Waals surface area contributed by atoms with Crippen LogP contribution in [0.25, 0.3) is 0 Å². The maximum absolute atomic E-state index is 12.6. The van der Waals surface area contributed by atoms with E-state index in [2.05, 4.69) is 26.9 Å². The van der Waals surface area contributed by atoms with Crippen LogP contribution in [0.2, 0.25) is 0 Å². The van der Waals surface area contributed by atoms with Crippen molar-refractivity contribution in [3.8, 4) is 11.8 Å². The Morgan fingerprint density at radius 1 is 1.17 bits per heavy atom. The second-order valence-electron chi connectivity index (χ2n) is 7.50. The van der Waals surface area contributed by atoms with Gasteiger partial charge in [0.2, 0.25) is 11.8 Å². The Balaban J connectivity index is 1.56. The van der Waals surface area contributed by atoms with Gasteiger partial charge in [-0.2, -0.15) is 8.78 Å². The molecule has 0 bridgehead atoms. The van der Waals surface area contributed by atoms with Crippen LogP contribution in [0, 0.1) is 5.92 Å². The molecule has 1 saturated carbocycles. The summed E-state index contributed by atoms with van der Waals surface area (Å²) in [6.45, 7) is -0.807. The average Bonchev–Trinajstić information content (AvgIpc) is 2.77. The molecule has 0 aromatic carbocycles. The summed E-state index contributed by atoms with van der Waals surface area (Å²) >= 11 is 0. The standard InChI is InChI=1S/C22H27F2N3O3/c1-3-18(27-21(28)17-8-9-19(29-2)26-13-17)15-6-4-14(5-7-15)16-10-11-25-20(12-16)30-22(23)24/h8-15,18,22H,3-7H2,1-2H3,(H,27,28). The second-order valence-corrected chi connectivity index (χ2v) is 7.50. The highest BCUT2D eigenvalue weighted by atomic mass is 19.3. The third-order valence-corrected chi connectivity index (χ3v) is 5.75. The molecule has 1 aliphatic carbocycles. The first-order valence-electron chi connectivity index (χ1n) is 10.2. The van der Waals surface area contributed by atoms with E-state index >= 15 is 0 Å². The lowest BCUT2D eigenvalue weighted by Crippen LogP contribution is -2.41. The smallest absolute Gasteiger partial charge is 0.388 e. The molecule has 1 aliphatic rings. The van der Waals surface area contributed by atoms with Crippen molar-refractivity contribution >= 4 is 5.91 Å². The van der Waals surface area contributed by atoms with Crippen molar-refractivity contribution in [3.63, 3.8) is 0 Å². The van der Waals surface area contributed by atoms with Gasteiger partial charge >= 0.3 is 6.61 Å². The second kappa shape index (κ2) is 10.3. The van der Waals surface area contributed by atoms with Gasteiger partial charge in [0.15, 0.2) is 0 Å². The zero-order valence-electron chi connectivity index (χ0n) is 17.2. The molecule has 8 heteroatoms. The van der Waals surface area contributed by atoms with Crippen molar-refractivity contribution in [2.75, 3.05) is 7.11 Å². The topological polar surface area (TPSA) is 73.3 Å². The maximum Gasteiger partial charge on any atom is 0.388 e. The summed E-state index contributed by atoms with van der Waals surface area (Å²) in [6, 6.07) is 6.91. The van der Waals surface area contributed by atoms with Crippen molar-refractivity contribution in [2.45, 2.75) is 57.6 Å². The lowest BCUT2D eigenvalue weighted by Gasteiger charge is -2.34. The highest BCUT2D eigenvalue weighted by molar-refractivity contribution is 5.94. The molecule has 1 fully saturated rings. The molecule has 1 atom stereocenters. The minimum absolute atomic E-state index is 0.0450. The SMILES string of the molecule is CCC(NC(=O)c1ccc(OC)nc1)C1CCC(c2ccnc(OC(F)F)c2)CC1. The van der Waals surface area contributed by atoms with Gasteiger partial charge in [-0.1, -0.05) is 6.92 Å². The number of pyridine rings is 2. The van der Waals surface area contributed by atoms with Crippen LogP contribution in [0.4, 0.5) is 8.78 Å². The van der Waals surface area contributed by atoms with Crippen LogP contribution in [-0.2, 0) is 0 Å². The van der Waals surface area contributed by atoms with E-state index in [4.69, 9.17) is 4.74 Å². The highest BCUT2D eigenvalue weighted by Crippen LogP contribution is 2.38. The van der Waals surface area contributed by atoms with Crippen LogP contribution >= 0.6 is 0 Å². The number of nitrogens with zero attached hydrogens (tertiary/aromatic N) is 2. The summed E-state index contributed by atoms with van der Waals surface area (Å²) in [5.74, 6) is 0.942. The Morgan fingerprint density at radius 3 is 2.53 bits per heavy atom. The monoisotopic (exact) mass is 419 g/mol. The summed E-state index contributed by atoms with van der Waals surface area (Å²) in [7, 11) is 1.53. The number of ether oxygens (including phenoxy) is 2. The molecule has 2 aromatic heterocycles. The van der Waals surface area contributed by atoms with Gasteiger partial charge < -0.3 is 14.8 Å². The number of hydrogen-bond donors (Lipinski definition) is 1. The summed E-state index contributed by atoms with van der Waals surface area (Å²) in [4.78, 5) is 20.5. The molecule has 162 valence electrons. The largest absolute Gasteiger partial charge is 0.481 e. The number of nitrogens with one attached hydrogen (secondary N) is 1. The zero-order chi connectivity index (χ0) is 21.5. The number of carbonyl (C=O) groups excluding carboxylic acids is 1. The van der Waals surface area contributed by atoms with Gasteiger partial charge in [-0.25, -0.2) is 9.97 Å². The zero-order valence-corrected chi connectivity index (χ0v) is 17.2. The molecule has 0 aliphatic heterocycles. The van der Waals surface area contributed by atoms with E-state index in [1.807, 2.05) is 6.07 Å². The molecule has 0 spiro atoms. The fourth-order valence-corrected chi connectivity index (χ4v) is 4.13. The van der Waals surface area contributed by atoms with Crippen molar-refractivity contribution in [3.05, 3.63) is 47.8 Å². The Bertz CT molecular complexity index is 825. The summed E-state index contributed by atoms with van der Waals surface area (Å²) < 4.78 is 34.3. The summed E-state index contributed by atoms with van der Waals surface area (Å²) in [6.07, 6.45) is 7.64. The van der Waals surface area contributed by atoms with E-state index < -0.39 is 6.61 Å². The van der Waals surface area contributed by atoms with Crippen LogP contribution in [0.15, 0.2) is 36.7 Å². The normalized spacial score (nSPS) is 19.9. The van der Waals surface area contributed by atoms with E-state index in [9.17, 15) is 13.6 Å². The number of alkyl halides is 2. The Kier molecular flexibility index (Phi) is 7.54. The van der Waals surface area contributed by atoms with E-state index in [0.29, 0.717) is 17.4 Å². The molecule has 0 radical (unpaired) electrons. The Labute approximate surface area is 175 Å². The number of hydrogen-bond acceptors (Lipinski definition) is 5. The molecule has 0 saturated heterocycles. The Morgan fingerprint density at radius 2 is 1.93 bits per heavy atom. The molecular weight excluding hydrogens is 392 g/mol. The van der Waals surface area contributed by atoms with Gasteiger partial charge in [0, 0.05) is 30.6 Å². The first-order valence-corrected chi connectivity index (χ1v) is 10.2. The van der Waals surface area contributed by atoms with Crippen LogP contribution in [0.1, 0.15) is 60.9 Å². The van der Waals surface area contributed by atoms with E-state index in [1.54, 1.807) is 18.2 Å². The molecule has 1 amide bonds. The van der Waals surface area contributed by atoms with Crippen LogP contribution in [0.5, 0.6) is 11.8 Å². The van der Waals surface area contributed by atoms with Crippen molar-refractivity contribution in [2.24, 2.45) is 5.92 Å². The van der Waals surface area contributed by atoms with E-state index in [-0.39, 0.29) is 23.7 Å². The number of methoxy groups -OCH3 is 1. The summed E-state index contributed by atoms with van der Waals surface area (Å²) in [5, 5.41) is 3.14. The fraction of sp³-hybridized carbons (Fsp3) is 0.500. The molecule has 1 unspecified atom stereocenters. The molecular formula is C22H27F2N3O3. The number of amides is 1. The molecule has 2 aromatic rings. The molecule has 30 heavy (non-hydrogen) atoms.